The molecule has 0 N–H and O–H groups in total. The minimum atomic E-state index is -4.40. The molecule has 4 aromatic rings. The molecule has 0 bridgehead atoms. The van der Waals surface area contributed by atoms with E-state index in [0.29, 0.717) is 33.5 Å². The molecule has 0 saturated heterocycles. The van der Waals surface area contributed by atoms with Gasteiger partial charge in [0.05, 0.1) is 23.2 Å². The molecule has 0 radical (unpaired) electrons. The summed E-state index contributed by atoms with van der Waals surface area (Å²) in [5.41, 5.74) is 1.57. The molecular weight excluding hydrogens is 401 g/mol. The van der Waals surface area contributed by atoms with Gasteiger partial charge in [-0.05, 0) is 41.5 Å². The number of nitrogens with zero attached hydrogens (tertiary/aromatic N) is 2. The van der Waals surface area contributed by atoms with Crippen LogP contribution < -0.4 is 4.74 Å². The second-order valence-electron chi connectivity index (χ2n) is 6.42. The van der Waals surface area contributed by atoms with Crippen LogP contribution in [0.25, 0.3) is 33.7 Å². The van der Waals surface area contributed by atoms with Crippen LogP contribution in [0.1, 0.15) is 5.56 Å². The average Bonchev–Trinajstić information content (AvgIpc) is 3.16. The zero-order valence-electron chi connectivity index (χ0n) is 15.4. The summed E-state index contributed by atoms with van der Waals surface area (Å²) in [6.07, 6.45) is -4.40. The van der Waals surface area contributed by atoms with Crippen LogP contribution in [-0.2, 0) is 6.18 Å². The first-order chi connectivity index (χ1) is 14.3. The smallest absolute Gasteiger partial charge is 0.416 e. The van der Waals surface area contributed by atoms with Gasteiger partial charge in [-0.1, -0.05) is 18.2 Å². The number of non-ortho nitro benzene ring substituents is 1. The van der Waals surface area contributed by atoms with Crippen molar-refractivity contribution in [1.82, 2.24) is 4.98 Å². The van der Waals surface area contributed by atoms with Gasteiger partial charge in [0.1, 0.15) is 11.3 Å². The Morgan fingerprint density at radius 3 is 2.33 bits per heavy atom. The molecule has 3 aromatic carbocycles. The highest BCUT2D eigenvalue weighted by Gasteiger charge is 2.30. The average molecular weight is 414 g/mol. The number of methoxy groups -OCH3 is 1. The Morgan fingerprint density at radius 1 is 1.00 bits per heavy atom. The van der Waals surface area contributed by atoms with Gasteiger partial charge in [0.2, 0.25) is 5.89 Å². The van der Waals surface area contributed by atoms with Crippen LogP contribution in [-0.4, -0.2) is 17.0 Å². The van der Waals surface area contributed by atoms with Gasteiger partial charge in [0.15, 0.2) is 5.58 Å². The van der Waals surface area contributed by atoms with Crippen molar-refractivity contribution in [2.24, 2.45) is 0 Å². The summed E-state index contributed by atoms with van der Waals surface area (Å²) < 4.78 is 49.3. The predicted octanol–water partition coefficient (Wildman–Crippen LogP) is 6.10. The van der Waals surface area contributed by atoms with Gasteiger partial charge in [-0.15, -0.1) is 0 Å². The second kappa shape index (κ2) is 7.18. The van der Waals surface area contributed by atoms with E-state index in [-0.39, 0.29) is 11.6 Å². The summed E-state index contributed by atoms with van der Waals surface area (Å²) in [6.45, 7) is 0. The number of oxazole rings is 1. The van der Waals surface area contributed by atoms with Crippen LogP contribution in [0, 0.1) is 10.1 Å². The monoisotopic (exact) mass is 414 g/mol. The Bertz CT molecular complexity index is 1250. The van der Waals surface area contributed by atoms with Crippen LogP contribution in [0.4, 0.5) is 18.9 Å². The van der Waals surface area contributed by atoms with Crippen LogP contribution in [0.5, 0.6) is 5.75 Å². The van der Waals surface area contributed by atoms with Gasteiger partial charge < -0.3 is 9.15 Å². The van der Waals surface area contributed by atoms with Crippen molar-refractivity contribution in [1.29, 1.82) is 0 Å². The fourth-order valence-corrected chi connectivity index (χ4v) is 3.05. The minimum Gasteiger partial charge on any atom is -0.496 e. The normalized spacial score (nSPS) is 11.6. The zero-order valence-corrected chi connectivity index (χ0v) is 15.4. The molecular formula is C21H13F3N2O4. The lowest BCUT2D eigenvalue weighted by molar-refractivity contribution is -0.384. The first-order valence-electron chi connectivity index (χ1n) is 8.67. The summed E-state index contributed by atoms with van der Waals surface area (Å²) in [5.74, 6) is 0.491. The van der Waals surface area contributed by atoms with E-state index in [9.17, 15) is 23.3 Å². The van der Waals surface area contributed by atoms with Crippen molar-refractivity contribution >= 4 is 16.8 Å². The van der Waals surface area contributed by atoms with E-state index in [2.05, 4.69) is 4.98 Å². The van der Waals surface area contributed by atoms with Crippen molar-refractivity contribution in [3.05, 3.63) is 76.3 Å². The SMILES string of the molecule is COc1ccc([N+](=O)[O-])cc1-c1nc2cc(-c3ccc(C(F)(F)F)cc3)ccc2o1. The van der Waals surface area contributed by atoms with Gasteiger partial charge in [0.25, 0.3) is 5.69 Å². The number of nitro groups is 1. The van der Waals surface area contributed by atoms with Gasteiger partial charge in [-0.25, -0.2) is 4.98 Å². The quantitative estimate of drug-likeness (QED) is 0.298. The lowest BCUT2D eigenvalue weighted by Crippen LogP contribution is -2.03. The Morgan fingerprint density at radius 2 is 1.70 bits per heavy atom. The molecule has 0 aliphatic rings. The molecule has 0 spiro atoms. The molecule has 0 unspecified atom stereocenters. The summed E-state index contributed by atoms with van der Waals surface area (Å²) in [4.78, 5) is 14.9. The molecule has 1 heterocycles. The number of hydrogen-bond acceptors (Lipinski definition) is 5. The lowest BCUT2D eigenvalue weighted by Gasteiger charge is -2.07. The molecule has 0 aliphatic heterocycles. The molecule has 9 heteroatoms. The maximum absolute atomic E-state index is 12.8. The van der Waals surface area contributed by atoms with E-state index in [1.54, 1.807) is 18.2 Å². The van der Waals surface area contributed by atoms with E-state index >= 15 is 0 Å². The van der Waals surface area contributed by atoms with Gasteiger partial charge >= 0.3 is 6.18 Å². The highest BCUT2D eigenvalue weighted by Crippen LogP contribution is 2.36. The summed E-state index contributed by atoms with van der Waals surface area (Å²) >= 11 is 0. The Kier molecular flexibility index (Phi) is 4.65. The molecule has 1 aromatic heterocycles. The fraction of sp³-hybridized carbons (Fsp3) is 0.0952. The van der Waals surface area contributed by atoms with Crippen molar-refractivity contribution < 1.29 is 27.2 Å². The lowest BCUT2D eigenvalue weighted by atomic mass is 10.0. The van der Waals surface area contributed by atoms with Crippen LogP contribution in [0.2, 0.25) is 0 Å². The third-order valence-electron chi connectivity index (χ3n) is 4.56. The molecule has 0 saturated carbocycles. The molecule has 0 atom stereocenters. The van der Waals surface area contributed by atoms with Gasteiger partial charge in [-0.2, -0.15) is 13.2 Å². The number of hydrogen-bond donors (Lipinski definition) is 0. The van der Waals surface area contributed by atoms with Crippen molar-refractivity contribution in [3.63, 3.8) is 0 Å². The standard InChI is InChI=1S/C21H13F3N2O4/c1-29-18-9-7-15(26(27)28)11-16(18)20-25-17-10-13(4-8-19(17)30-20)12-2-5-14(6-3-12)21(22,23)24/h2-11H,1H3. The molecule has 30 heavy (non-hydrogen) atoms. The summed E-state index contributed by atoms with van der Waals surface area (Å²) in [7, 11) is 1.43. The zero-order chi connectivity index (χ0) is 21.5. The van der Waals surface area contributed by atoms with Crippen LogP contribution in [0.3, 0.4) is 0 Å². The summed E-state index contributed by atoms with van der Waals surface area (Å²) in [6, 6.07) is 13.9. The number of ether oxygens (including phenoxy) is 1. The number of rotatable bonds is 4. The van der Waals surface area contributed by atoms with Gasteiger partial charge in [0, 0.05) is 12.1 Å². The topological polar surface area (TPSA) is 78.4 Å². The first-order valence-corrected chi connectivity index (χ1v) is 8.67. The van der Waals surface area contributed by atoms with E-state index in [0.717, 1.165) is 12.1 Å². The highest BCUT2D eigenvalue weighted by molar-refractivity contribution is 5.83. The number of nitro benzene ring substituents is 1. The van der Waals surface area contributed by atoms with E-state index in [4.69, 9.17) is 9.15 Å². The molecule has 0 amide bonds. The fourth-order valence-electron chi connectivity index (χ4n) is 3.05. The van der Waals surface area contributed by atoms with E-state index in [1.807, 2.05) is 0 Å². The van der Waals surface area contributed by atoms with E-state index in [1.165, 1.54) is 37.4 Å². The summed E-state index contributed by atoms with van der Waals surface area (Å²) in [5, 5.41) is 11.1. The first kappa shape index (κ1) is 19.4. The Labute approximate surface area is 167 Å². The largest absolute Gasteiger partial charge is 0.496 e. The van der Waals surface area contributed by atoms with Crippen molar-refractivity contribution in [2.45, 2.75) is 6.18 Å². The molecule has 152 valence electrons. The molecule has 6 nitrogen and oxygen atoms in total. The minimum absolute atomic E-state index is 0.134. The number of benzene rings is 3. The van der Waals surface area contributed by atoms with Crippen molar-refractivity contribution in [3.8, 4) is 28.3 Å². The number of alkyl halides is 3. The predicted molar refractivity (Wildman–Crippen MR) is 103 cm³/mol. The number of halogens is 3. The van der Waals surface area contributed by atoms with Crippen LogP contribution in [0.15, 0.2) is 65.1 Å². The van der Waals surface area contributed by atoms with E-state index < -0.39 is 16.7 Å². The van der Waals surface area contributed by atoms with Crippen LogP contribution >= 0.6 is 0 Å². The number of aromatic nitrogens is 1. The maximum Gasteiger partial charge on any atom is 0.416 e. The maximum atomic E-state index is 12.8. The number of fused-ring (bicyclic) bond motifs is 1. The molecule has 0 aliphatic carbocycles. The molecule has 0 fully saturated rings. The molecule has 4 rings (SSSR count). The second-order valence-corrected chi connectivity index (χ2v) is 6.42. The third kappa shape index (κ3) is 3.57. The Balaban J connectivity index is 1.75. The van der Waals surface area contributed by atoms with Crippen molar-refractivity contribution in [2.75, 3.05) is 7.11 Å². The Hall–Kier alpha value is -3.88. The highest BCUT2D eigenvalue weighted by atomic mass is 19.4. The van der Waals surface area contributed by atoms with Gasteiger partial charge in [-0.3, -0.25) is 10.1 Å². The third-order valence-corrected chi connectivity index (χ3v) is 4.56.